The molecule has 0 aliphatic carbocycles. The fraction of sp³-hybridized carbons (Fsp3) is 0.833. The topological polar surface area (TPSA) is 29.1 Å². The Balaban J connectivity index is 2.36. The first-order chi connectivity index (χ1) is 4.74. The summed E-state index contributed by atoms with van der Waals surface area (Å²) in [5.74, 6) is 0.176. The lowest BCUT2D eigenvalue weighted by Crippen LogP contribution is -2.33. The zero-order chi connectivity index (χ0) is 7.56. The monoisotopic (exact) mass is 269 g/mol. The van der Waals surface area contributed by atoms with E-state index in [2.05, 4.69) is 37.2 Å². The summed E-state index contributed by atoms with van der Waals surface area (Å²) in [6, 6.07) is 0.326. The Hall–Kier alpha value is 0.430. The van der Waals surface area contributed by atoms with E-state index < -0.39 is 0 Å². The van der Waals surface area contributed by atoms with Crippen molar-refractivity contribution in [2.75, 3.05) is 5.33 Å². The van der Waals surface area contributed by atoms with Gasteiger partial charge in [0, 0.05) is 22.6 Å². The lowest BCUT2D eigenvalue weighted by atomic mass is 10.2. The highest BCUT2D eigenvalue weighted by Gasteiger charge is 2.25. The van der Waals surface area contributed by atoms with E-state index in [1.807, 2.05) is 0 Å². The predicted molar refractivity (Wildman–Crippen MR) is 47.7 cm³/mol. The first-order valence-electron chi connectivity index (χ1n) is 3.23. The van der Waals surface area contributed by atoms with Crippen LogP contribution in [0.2, 0.25) is 0 Å². The van der Waals surface area contributed by atoms with Crippen molar-refractivity contribution >= 4 is 37.8 Å². The summed E-state index contributed by atoms with van der Waals surface area (Å²) in [6.07, 6.45) is 1.64. The molecule has 0 aromatic carbocycles. The van der Waals surface area contributed by atoms with Crippen LogP contribution in [-0.4, -0.2) is 22.1 Å². The van der Waals surface area contributed by atoms with Gasteiger partial charge in [-0.3, -0.25) is 4.79 Å². The highest BCUT2D eigenvalue weighted by Crippen LogP contribution is 2.17. The van der Waals surface area contributed by atoms with Gasteiger partial charge >= 0.3 is 0 Å². The molecule has 1 amide bonds. The van der Waals surface area contributed by atoms with Crippen molar-refractivity contribution in [3.8, 4) is 0 Å². The summed E-state index contributed by atoms with van der Waals surface area (Å²) in [6.45, 7) is 0. The van der Waals surface area contributed by atoms with Crippen LogP contribution in [0.25, 0.3) is 0 Å². The third kappa shape index (κ3) is 1.95. The molecule has 2 nitrogen and oxygen atoms in total. The second kappa shape index (κ2) is 3.72. The molecule has 1 rings (SSSR count). The third-order valence-corrected chi connectivity index (χ3v) is 4.14. The van der Waals surface area contributed by atoms with Gasteiger partial charge in [0.1, 0.15) is 0 Å². The molecule has 1 aliphatic heterocycles. The van der Waals surface area contributed by atoms with E-state index in [-0.39, 0.29) is 5.91 Å². The molecule has 0 bridgehead atoms. The lowest BCUT2D eigenvalue weighted by molar-refractivity contribution is -0.119. The van der Waals surface area contributed by atoms with Crippen LogP contribution in [0, 0.1) is 0 Å². The van der Waals surface area contributed by atoms with Gasteiger partial charge in [-0.2, -0.15) is 0 Å². The SMILES string of the molecule is O=C1CC[C@H](C(Br)CBr)N1. The highest BCUT2D eigenvalue weighted by molar-refractivity contribution is 9.12. The first kappa shape index (κ1) is 8.53. The molecular weight excluding hydrogens is 262 g/mol. The Morgan fingerprint density at radius 2 is 2.50 bits per heavy atom. The van der Waals surface area contributed by atoms with Crippen LogP contribution in [0.5, 0.6) is 0 Å². The van der Waals surface area contributed by atoms with E-state index in [4.69, 9.17) is 0 Å². The summed E-state index contributed by atoms with van der Waals surface area (Å²) in [5.41, 5.74) is 0. The Labute approximate surface area is 77.0 Å². The predicted octanol–water partition coefficient (Wildman–Crippen LogP) is 1.42. The van der Waals surface area contributed by atoms with E-state index in [1.54, 1.807) is 0 Å². The van der Waals surface area contributed by atoms with E-state index in [0.29, 0.717) is 17.3 Å². The average Bonchev–Trinajstić information content (AvgIpc) is 2.34. The van der Waals surface area contributed by atoms with Crippen molar-refractivity contribution in [3.05, 3.63) is 0 Å². The Bertz CT molecular complexity index is 140. The van der Waals surface area contributed by atoms with Crippen molar-refractivity contribution in [1.82, 2.24) is 5.32 Å². The molecule has 0 aromatic heterocycles. The van der Waals surface area contributed by atoms with Gasteiger partial charge in [-0.15, -0.1) is 0 Å². The van der Waals surface area contributed by atoms with E-state index >= 15 is 0 Å². The van der Waals surface area contributed by atoms with Crippen molar-refractivity contribution < 1.29 is 4.79 Å². The molecule has 1 unspecified atom stereocenters. The smallest absolute Gasteiger partial charge is 0.220 e. The van der Waals surface area contributed by atoms with Gasteiger partial charge in [-0.05, 0) is 6.42 Å². The number of nitrogens with one attached hydrogen (secondary N) is 1. The number of carbonyl (C=O) groups is 1. The summed E-state index contributed by atoms with van der Waals surface area (Å²) < 4.78 is 0. The molecule has 1 N–H and O–H groups in total. The van der Waals surface area contributed by atoms with Crippen LogP contribution in [0.3, 0.4) is 0 Å². The largest absolute Gasteiger partial charge is 0.352 e. The van der Waals surface area contributed by atoms with Gasteiger partial charge in [-0.25, -0.2) is 0 Å². The van der Waals surface area contributed by atoms with Gasteiger partial charge in [0.15, 0.2) is 0 Å². The molecule has 0 saturated carbocycles. The number of alkyl halides is 2. The Kier molecular flexibility index (Phi) is 3.17. The standard InChI is InChI=1S/C6H9Br2NO/c7-3-4(8)5-1-2-6(10)9-5/h4-5H,1-3H2,(H,9,10)/t4?,5-/m1/s1. The fourth-order valence-electron chi connectivity index (χ4n) is 1.02. The summed E-state index contributed by atoms with van der Waals surface area (Å²) in [7, 11) is 0. The maximum absolute atomic E-state index is 10.7. The highest BCUT2D eigenvalue weighted by atomic mass is 79.9. The number of hydrogen-bond donors (Lipinski definition) is 1. The molecule has 58 valence electrons. The van der Waals surface area contributed by atoms with Gasteiger partial charge in [-0.1, -0.05) is 31.9 Å². The van der Waals surface area contributed by atoms with Crippen LogP contribution in [0.1, 0.15) is 12.8 Å². The summed E-state index contributed by atoms with van der Waals surface area (Å²) >= 11 is 6.82. The maximum Gasteiger partial charge on any atom is 0.220 e. The van der Waals surface area contributed by atoms with Crippen molar-refractivity contribution in [3.63, 3.8) is 0 Å². The first-order valence-corrected chi connectivity index (χ1v) is 5.27. The van der Waals surface area contributed by atoms with Crippen LogP contribution in [0.4, 0.5) is 0 Å². The van der Waals surface area contributed by atoms with Gasteiger partial charge in [0.25, 0.3) is 0 Å². The second-order valence-corrected chi connectivity index (χ2v) is 4.21. The van der Waals surface area contributed by atoms with Gasteiger partial charge < -0.3 is 5.32 Å². The molecule has 1 saturated heterocycles. The molecule has 0 spiro atoms. The van der Waals surface area contributed by atoms with Crippen molar-refractivity contribution in [2.45, 2.75) is 23.7 Å². The molecule has 10 heavy (non-hydrogen) atoms. The zero-order valence-electron chi connectivity index (χ0n) is 5.44. The molecule has 1 heterocycles. The molecule has 1 aliphatic rings. The summed E-state index contributed by atoms with van der Waals surface area (Å²) in [5, 5.41) is 3.78. The minimum atomic E-state index is 0.176. The normalized spacial score (nSPS) is 28.2. The van der Waals surface area contributed by atoms with Crippen LogP contribution in [-0.2, 0) is 4.79 Å². The number of amides is 1. The van der Waals surface area contributed by atoms with Crippen molar-refractivity contribution in [2.24, 2.45) is 0 Å². The molecule has 1 fully saturated rings. The van der Waals surface area contributed by atoms with Crippen LogP contribution < -0.4 is 5.32 Å². The molecular formula is C6H9Br2NO. The average molecular weight is 271 g/mol. The number of halogens is 2. The minimum absolute atomic E-state index is 0.176. The third-order valence-electron chi connectivity index (χ3n) is 1.61. The molecule has 0 aromatic rings. The van der Waals surface area contributed by atoms with Gasteiger partial charge in [0.05, 0.1) is 0 Å². The van der Waals surface area contributed by atoms with Gasteiger partial charge in [0.2, 0.25) is 5.91 Å². The van der Waals surface area contributed by atoms with E-state index in [9.17, 15) is 4.79 Å². The molecule has 2 atom stereocenters. The fourth-order valence-corrected chi connectivity index (χ4v) is 1.86. The number of hydrogen-bond acceptors (Lipinski definition) is 1. The number of carbonyl (C=O) groups excluding carboxylic acids is 1. The van der Waals surface area contributed by atoms with Crippen molar-refractivity contribution in [1.29, 1.82) is 0 Å². The molecule has 4 heteroatoms. The molecule has 0 radical (unpaired) electrons. The van der Waals surface area contributed by atoms with Crippen LogP contribution in [0.15, 0.2) is 0 Å². The Morgan fingerprint density at radius 1 is 1.80 bits per heavy atom. The van der Waals surface area contributed by atoms with E-state index in [1.165, 1.54) is 0 Å². The second-order valence-electron chi connectivity index (χ2n) is 2.38. The quantitative estimate of drug-likeness (QED) is 0.756. The van der Waals surface area contributed by atoms with Crippen LogP contribution >= 0.6 is 31.9 Å². The number of rotatable bonds is 2. The summed E-state index contributed by atoms with van der Waals surface area (Å²) in [4.78, 5) is 11.1. The maximum atomic E-state index is 10.7. The zero-order valence-corrected chi connectivity index (χ0v) is 8.61. The Morgan fingerprint density at radius 3 is 2.90 bits per heavy atom. The van der Waals surface area contributed by atoms with E-state index in [0.717, 1.165) is 11.8 Å². The lowest BCUT2D eigenvalue weighted by Gasteiger charge is -2.13. The minimum Gasteiger partial charge on any atom is -0.352 e.